The highest BCUT2D eigenvalue weighted by Crippen LogP contribution is 2.33. The lowest BCUT2D eigenvalue weighted by Crippen LogP contribution is -2.00. The van der Waals surface area contributed by atoms with Gasteiger partial charge in [0, 0.05) is 17.9 Å². The first-order chi connectivity index (χ1) is 11.6. The van der Waals surface area contributed by atoms with Crippen LogP contribution in [0.4, 0.5) is 5.69 Å². The molecule has 24 heavy (non-hydrogen) atoms. The number of hydrogen-bond donors (Lipinski definition) is 0. The molecular weight excluding hydrogens is 348 g/mol. The molecule has 0 fully saturated rings. The van der Waals surface area contributed by atoms with Crippen molar-refractivity contribution >= 4 is 45.0 Å². The normalized spacial score (nSPS) is 10.7. The molecule has 0 amide bonds. The SMILES string of the molecule is COC(=O)c1ccc(CSc2nc3cc([N+](=O)[O-])ccc3s2)cc1. The summed E-state index contributed by atoms with van der Waals surface area (Å²) in [6.07, 6.45) is 0. The summed E-state index contributed by atoms with van der Waals surface area (Å²) in [5.74, 6) is 0.338. The number of nitro benzene ring substituents is 1. The van der Waals surface area contributed by atoms with Crippen molar-refractivity contribution in [2.75, 3.05) is 7.11 Å². The van der Waals surface area contributed by atoms with Crippen LogP contribution in [0.15, 0.2) is 46.8 Å². The molecule has 0 aliphatic rings. The molecule has 3 rings (SSSR count). The Bertz CT molecular complexity index is 906. The van der Waals surface area contributed by atoms with Gasteiger partial charge in [-0.25, -0.2) is 9.78 Å². The molecule has 0 N–H and O–H groups in total. The third kappa shape index (κ3) is 3.55. The van der Waals surface area contributed by atoms with E-state index in [0.29, 0.717) is 16.8 Å². The minimum absolute atomic E-state index is 0.0442. The average molecular weight is 360 g/mol. The number of aromatic nitrogens is 1. The molecule has 0 bridgehead atoms. The summed E-state index contributed by atoms with van der Waals surface area (Å²) >= 11 is 3.06. The quantitative estimate of drug-likeness (QED) is 0.292. The molecule has 0 aliphatic heterocycles. The van der Waals surface area contributed by atoms with E-state index in [-0.39, 0.29) is 11.7 Å². The molecule has 8 heteroatoms. The van der Waals surface area contributed by atoms with Crippen molar-refractivity contribution < 1.29 is 14.5 Å². The van der Waals surface area contributed by atoms with Crippen LogP contribution in [0.2, 0.25) is 0 Å². The summed E-state index contributed by atoms with van der Waals surface area (Å²) in [6, 6.07) is 11.9. The van der Waals surface area contributed by atoms with Gasteiger partial charge in [0.05, 0.1) is 27.8 Å². The molecule has 6 nitrogen and oxygen atoms in total. The van der Waals surface area contributed by atoms with Gasteiger partial charge in [-0.2, -0.15) is 0 Å². The van der Waals surface area contributed by atoms with Gasteiger partial charge in [0.1, 0.15) is 0 Å². The fourth-order valence-corrected chi connectivity index (χ4v) is 4.07. The second-order valence-electron chi connectivity index (χ2n) is 4.87. The predicted molar refractivity (Wildman–Crippen MR) is 93.6 cm³/mol. The number of carbonyl (C=O) groups excluding carboxylic acids is 1. The fraction of sp³-hybridized carbons (Fsp3) is 0.125. The van der Waals surface area contributed by atoms with E-state index in [2.05, 4.69) is 9.72 Å². The first kappa shape index (κ1) is 16.4. The fourth-order valence-electron chi connectivity index (χ4n) is 2.07. The van der Waals surface area contributed by atoms with Gasteiger partial charge in [0.15, 0.2) is 4.34 Å². The number of rotatable bonds is 5. The van der Waals surface area contributed by atoms with Gasteiger partial charge in [-0.3, -0.25) is 10.1 Å². The van der Waals surface area contributed by atoms with Crippen LogP contribution in [0.1, 0.15) is 15.9 Å². The Morgan fingerprint density at radius 1 is 1.29 bits per heavy atom. The minimum Gasteiger partial charge on any atom is -0.465 e. The van der Waals surface area contributed by atoms with Crippen molar-refractivity contribution in [3.8, 4) is 0 Å². The third-order valence-corrected chi connectivity index (χ3v) is 5.55. The average Bonchev–Trinajstić information content (AvgIpc) is 3.01. The van der Waals surface area contributed by atoms with Crippen molar-refractivity contribution in [3.05, 3.63) is 63.7 Å². The summed E-state index contributed by atoms with van der Waals surface area (Å²) < 4.78 is 6.44. The van der Waals surface area contributed by atoms with Crippen molar-refractivity contribution in [3.63, 3.8) is 0 Å². The van der Waals surface area contributed by atoms with Crippen LogP contribution in [0.3, 0.4) is 0 Å². The molecule has 0 aliphatic carbocycles. The number of carbonyl (C=O) groups is 1. The molecule has 0 unspecified atom stereocenters. The Hall–Kier alpha value is -2.45. The smallest absolute Gasteiger partial charge is 0.337 e. The molecule has 1 aromatic heterocycles. The zero-order chi connectivity index (χ0) is 17.1. The second-order valence-corrected chi connectivity index (χ2v) is 7.12. The molecule has 0 spiro atoms. The number of ether oxygens (including phenoxy) is 1. The number of fused-ring (bicyclic) bond motifs is 1. The van der Waals surface area contributed by atoms with Gasteiger partial charge in [0.2, 0.25) is 0 Å². The summed E-state index contributed by atoms with van der Waals surface area (Å²) in [6.45, 7) is 0. The van der Waals surface area contributed by atoms with Crippen LogP contribution in [0.25, 0.3) is 10.2 Å². The molecular formula is C16H12N2O4S2. The standard InChI is InChI=1S/C16H12N2O4S2/c1-22-15(19)11-4-2-10(3-5-11)9-23-16-17-13-8-12(18(20)21)6-7-14(13)24-16/h2-8H,9H2,1H3. The molecule has 1 heterocycles. The Morgan fingerprint density at radius 3 is 2.71 bits per heavy atom. The van der Waals surface area contributed by atoms with E-state index in [1.54, 1.807) is 30.0 Å². The number of nitrogens with zero attached hydrogens (tertiary/aromatic N) is 2. The van der Waals surface area contributed by atoms with Crippen molar-refractivity contribution in [2.24, 2.45) is 0 Å². The van der Waals surface area contributed by atoms with E-state index in [1.807, 2.05) is 12.1 Å². The molecule has 0 saturated carbocycles. The minimum atomic E-state index is -0.422. The van der Waals surface area contributed by atoms with Crippen LogP contribution in [0, 0.1) is 10.1 Å². The van der Waals surface area contributed by atoms with Crippen LogP contribution in [0.5, 0.6) is 0 Å². The maximum absolute atomic E-state index is 11.4. The number of hydrogen-bond acceptors (Lipinski definition) is 7. The van der Waals surface area contributed by atoms with E-state index in [9.17, 15) is 14.9 Å². The summed E-state index contributed by atoms with van der Waals surface area (Å²) in [5.41, 5.74) is 2.25. The van der Waals surface area contributed by atoms with E-state index in [0.717, 1.165) is 14.6 Å². The zero-order valence-electron chi connectivity index (χ0n) is 12.6. The first-order valence-corrected chi connectivity index (χ1v) is 8.72. The van der Waals surface area contributed by atoms with Gasteiger partial charge >= 0.3 is 5.97 Å². The lowest BCUT2D eigenvalue weighted by atomic mass is 10.1. The van der Waals surface area contributed by atoms with Gasteiger partial charge in [-0.1, -0.05) is 23.9 Å². The van der Waals surface area contributed by atoms with Crippen molar-refractivity contribution in [1.29, 1.82) is 0 Å². The van der Waals surface area contributed by atoms with Gasteiger partial charge < -0.3 is 4.74 Å². The van der Waals surface area contributed by atoms with E-state index >= 15 is 0 Å². The number of nitro groups is 1. The largest absolute Gasteiger partial charge is 0.465 e. The Labute approximate surface area is 145 Å². The molecule has 0 radical (unpaired) electrons. The number of thioether (sulfide) groups is 1. The summed E-state index contributed by atoms with van der Waals surface area (Å²) in [7, 11) is 1.35. The predicted octanol–water partition coefficient (Wildman–Crippen LogP) is 4.28. The van der Waals surface area contributed by atoms with Gasteiger partial charge in [0.25, 0.3) is 5.69 Å². The lowest BCUT2D eigenvalue weighted by molar-refractivity contribution is -0.384. The maximum Gasteiger partial charge on any atom is 0.337 e. The second kappa shape index (κ2) is 6.98. The highest BCUT2D eigenvalue weighted by atomic mass is 32.2. The molecule has 0 atom stereocenters. The number of benzene rings is 2. The third-order valence-electron chi connectivity index (χ3n) is 3.30. The molecule has 3 aromatic rings. The summed E-state index contributed by atoms with van der Waals surface area (Å²) in [4.78, 5) is 26.2. The Balaban J connectivity index is 1.71. The Morgan fingerprint density at radius 2 is 2.04 bits per heavy atom. The van der Waals surface area contributed by atoms with Crippen LogP contribution < -0.4 is 0 Å². The monoisotopic (exact) mass is 360 g/mol. The van der Waals surface area contributed by atoms with E-state index in [4.69, 9.17) is 0 Å². The van der Waals surface area contributed by atoms with Crippen LogP contribution in [-0.4, -0.2) is 23.0 Å². The van der Waals surface area contributed by atoms with Crippen molar-refractivity contribution in [1.82, 2.24) is 4.98 Å². The van der Waals surface area contributed by atoms with E-state index in [1.165, 1.54) is 30.6 Å². The number of esters is 1. The van der Waals surface area contributed by atoms with Gasteiger partial charge in [-0.05, 0) is 23.8 Å². The molecule has 2 aromatic carbocycles. The highest BCUT2D eigenvalue weighted by molar-refractivity contribution is 8.00. The Kier molecular flexibility index (Phi) is 4.77. The highest BCUT2D eigenvalue weighted by Gasteiger charge is 2.11. The van der Waals surface area contributed by atoms with Crippen LogP contribution >= 0.6 is 23.1 Å². The van der Waals surface area contributed by atoms with Crippen LogP contribution in [-0.2, 0) is 10.5 Å². The summed E-state index contributed by atoms with van der Waals surface area (Å²) in [5, 5.41) is 10.8. The molecule has 0 saturated heterocycles. The topological polar surface area (TPSA) is 82.3 Å². The first-order valence-electron chi connectivity index (χ1n) is 6.92. The number of thiazole rings is 1. The molecule has 122 valence electrons. The van der Waals surface area contributed by atoms with Gasteiger partial charge in [-0.15, -0.1) is 11.3 Å². The van der Waals surface area contributed by atoms with E-state index < -0.39 is 4.92 Å². The maximum atomic E-state index is 11.4. The number of methoxy groups -OCH3 is 1. The van der Waals surface area contributed by atoms with Crippen molar-refractivity contribution in [2.45, 2.75) is 10.1 Å². The number of non-ortho nitro benzene ring substituents is 1. The lowest BCUT2D eigenvalue weighted by Gasteiger charge is -2.01. The zero-order valence-corrected chi connectivity index (χ0v) is 14.2.